The van der Waals surface area contributed by atoms with Crippen molar-refractivity contribution in [3.63, 3.8) is 0 Å². The molecule has 0 radical (unpaired) electrons. The Morgan fingerprint density at radius 2 is 1.78 bits per heavy atom. The Hall–Kier alpha value is -0.570. The second kappa shape index (κ2) is 6.05. The zero-order valence-electron chi connectivity index (χ0n) is 11.6. The highest BCUT2D eigenvalue weighted by Crippen LogP contribution is 2.31. The first-order valence-corrected chi connectivity index (χ1v) is 7.56. The molecule has 2 aliphatic rings. The molecule has 0 atom stereocenters. The lowest BCUT2D eigenvalue weighted by atomic mass is 9.78. The second-order valence-electron chi connectivity index (χ2n) is 6.44. The molecular formula is C15H27NO2. The van der Waals surface area contributed by atoms with Crippen molar-refractivity contribution in [2.45, 2.75) is 70.3 Å². The molecule has 0 saturated heterocycles. The largest absolute Gasteiger partial charge is 0.464 e. The van der Waals surface area contributed by atoms with Crippen LogP contribution < -0.4 is 5.73 Å². The molecule has 104 valence electrons. The molecule has 2 fully saturated rings. The van der Waals surface area contributed by atoms with E-state index >= 15 is 0 Å². The Labute approximate surface area is 110 Å². The van der Waals surface area contributed by atoms with Crippen LogP contribution in [0.2, 0.25) is 0 Å². The van der Waals surface area contributed by atoms with Gasteiger partial charge < -0.3 is 10.5 Å². The summed E-state index contributed by atoms with van der Waals surface area (Å²) in [6.45, 7) is 2.82. The van der Waals surface area contributed by atoms with Crippen molar-refractivity contribution in [3.05, 3.63) is 0 Å². The van der Waals surface area contributed by atoms with Crippen LogP contribution in [-0.4, -0.2) is 18.1 Å². The van der Waals surface area contributed by atoms with Crippen molar-refractivity contribution >= 4 is 5.97 Å². The van der Waals surface area contributed by atoms with E-state index in [-0.39, 0.29) is 5.97 Å². The molecule has 0 aliphatic heterocycles. The van der Waals surface area contributed by atoms with Crippen molar-refractivity contribution in [3.8, 4) is 0 Å². The molecule has 3 nitrogen and oxygen atoms in total. The summed E-state index contributed by atoms with van der Waals surface area (Å²) in [4.78, 5) is 12.1. The van der Waals surface area contributed by atoms with Gasteiger partial charge in [0, 0.05) is 0 Å². The predicted molar refractivity (Wildman–Crippen MR) is 72.1 cm³/mol. The monoisotopic (exact) mass is 253 g/mol. The highest BCUT2D eigenvalue weighted by atomic mass is 16.5. The van der Waals surface area contributed by atoms with Crippen molar-refractivity contribution in [2.24, 2.45) is 17.6 Å². The third kappa shape index (κ3) is 3.47. The normalized spacial score (nSPS) is 34.2. The van der Waals surface area contributed by atoms with E-state index in [1.54, 1.807) is 0 Å². The van der Waals surface area contributed by atoms with Crippen molar-refractivity contribution < 1.29 is 9.53 Å². The molecule has 0 unspecified atom stereocenters. The van der Waals surface area contributed by atoms with E-state index in [9.17, 15) is 4.79 Å². The Morgan fingerprint density at radius 1 is 1.17 bits per heavy atom. The van der Waals surface area contributed by atoms with Gasteiger partial charge in [-0.05, 0) is 50.4 Å². The van der Waals surface area contributed by atoms with Gasteiger partial charge in [0.2, 0.25) is 0 Å². The first-order valence-electron chi connectivity index (χ1n) is 7.56. The number of carbonyl (C=O) groups excluding carboxylic acids is 1. The van der Waals surface area contributed by atoms with E-state index in [1.165, 1.54) is 32.1 Å². The van der Waals surface area contributed by atoms with E-state index < -0.39 is 5.54 Å². The average Bonchev–Trinajstić information content (AvgIpc) is 2.41. The second-order valence-corrected chi connectivity index (χ2v) is 6.44. The third-order valence-electron chi connectivity index (χ3n) is 4.75. The number of carbonyl (C=O) groups is 1. The van der Waals surface area contributed by atoms with Gasteiger partial charge in [0.05, 0.1) is 6.61 Å². The maximum absolute atomic E-state index is 12.1. The fraction of sp³-hybridized carbons (Fsp3) is 0.933. The first-order chi connectivity index (χ1) is 8.60. The van der Waals surface area contributed by atoms with Gasteiger partial charge in [-0.3, -0.25) is 4.79 Å². The Morgan fingerprint density at radius 3 is 2.39 bits per heavy atom. The molecule has 0 aromatic heterocycles. The molecule has 0 heterocycles. The summed E-state index contributed by atoms with van der Waals surface area (Å²) in [5, 5.41) is 0. The lowest BCUT2D eigenvalue weighted by Crippen LogP contribution is -2.51. The fourth-order valence-corrected chi connectivity index (χ4v) is 3.17. The molecule has 2 aliphatic carbocycles. The van der Waals surface area contributed by atoms with Gasteiger partial charge >= 0.3 is 5.97 Å². The first kappa shape index (κ1) is 13.9. The van der Waals surface area contributed by atoms with Gasteiger partial charge in [-0.15, -0.1) is 0 Å². The predicted octanol–water partition coefficient (Wildman–Crippen LogP) is 3.02. The Bertz CT molecular complexity index is 276. The summed E-state index contributed by atoms with van der Waals surface area (Å²) < 4.78 is 5.50. The van der Waals surface area contributed by atoms with Gasteiger partial charge in [-0.2, -0.15) is 0 Å². The fourth-order valence-electron chi connectivity index (χ4n) is 3.17. The number of hydrogen-bond donors (Lipinski definition) is 1. The van der Waals surface area contributed by atoms with Gasteiger partial charge in [0.15, 0.2) is 0 Å². The maximum atomic E-state index is 12.1. The van der Waals surface area contributed by atoms with E-state index in [4.69, 9.17) is 10.5 Å². The van der Waals surface area contributed by atoms with Crippen LogP contribution in [0.1, 0.15) is 64.7 Å². The van der Waals surface area contributed by atoms with Crippen LogP contribution in [-0.2, 0) is 9.53 Å². The summed E-state index contributed by atoms with van der Waals surface area (Å²) in [5.74, 6) is 1.13. The molecule has 0 aromatic rings. The Balaban J connectivity index is 1.76. The summed E-state index contributed by atoms with van der Waals surface area (Å²) in [5.41, 5.74) is 5.51. The highest BCUT2D eigenvalue weighted by molar-refractivity contribution is 5.80. The van der Waals surface area contributed by atoms with Crippen LogP contribution in [0.25, 0.3) is 0 Å². The molecule has 0 amide bonds. The van der Waals surface area contributed by atoms with Crippen LogP contribution in [0.3, 0.4) is 0 Å². The van der Waals surface area contributed by atoms with Crippen molar-refractivity contribution in [2.75, 3.05) is 6.61 Å². The SMILES string of the molecule is CC1CCC(N)(C(=O)OCC2CCCCC2)CC1. The molecule has 2 rings (SSSR count). The third-order valence-corrected chi connectivity index (χ3v) is 4.75. The number of rotatable bonds is 3. The molecule has 2 saturated carbocycles. The zero-order valence-corrected chi connectivity index (χ0v) is 11.6. The summed E-state index contributed by atoms with van der Waals surface area (Å²) in [6, 6.07) is 0. The van der Waals surface area contributed by atoms with Gasteiger partial charge in [-0.1, -0.05) is 26.2 Å². The average molecular weight is 253 g/mol. The molecule has 0 bridgehead atoms. The van der Waals surface area contributed by atoms with Gasteiger partial charge in [0.25, 0.3) is 0 Å². The van der Waals surface area contributed by atoms with E-state index in [0.717, 1.165) is 25.7 Å². The summed E-state index contributed by atoms with van der Waals surface area (Å²) >= 11 is 0. The molecule has 0 aromatic carbocycles. The van der Waals surface area contributed by atoms with Crippen LogP contribution in [0.4, 0.5) is 0 Å². The molecule has 18 heavy (non-hydrogen) atoms. The standard InChI is InChI=1S/C15H27NO2/c1-12-7-9-15(16,10-8-12)14(17)18-11-13-5-3-2-4-6-13/h12-13H,2-11,16H2,1H3. The molecule has 2 N–H and O–H groups in total. The van der Waals surface area contributed by atoms with Crippen LogP contribution in [0.5, 0.6) is 0 Å². The van der Waals surface area contributed by atoms with Gasteiger partial charge in [-0.25, -0.2) is 0 Å². The number of esters is 1. The summed E-state index contributed by atoms with van der Waals surface area (Å²) in [6.07, 6.45) is 10.0. The lowest BCUT2D eigenvalue weighted by molar-refractivity contribution is -0.153. The molecule has 0 spiro atoms. The number of hydrogen-bond acceptors (Lipinski definition) is 3. The van der Waals surface area contributed by atoms with Gasteiger partial charge in [0.1, 0.15) is 5.54 Å². The Kier molecular flexibility index (Phi) is 4.66. The van der Waals surface area contributed by atoms with E-state index in [0.29, 0.717) is 18.4 Å². The van der Waals surface area contributed by atoms with E-state index in [2.05, 4.69) is 6.92 Å². The minimum atomic E-state index is -0.693. The molecule has 3 heteroatoms. The van der Waals surface area contributed by atoms with Crippen molar-refractivity contribution in [1.82, 2.24) is 0 Å². The minimum Gasteiger partial charge on any atom is -0.464 e. The lowest BCUT2D eigenvalue weighted by Gasteiger charge is -2.34. The van der Waals surface area contributed by atoms with Crippen LogP contribution in [0.15, 0.2) is 0 Å². The van der Waals surface area contributed by atoms with Crippen LogP contribution >= 0.6 is 0 Å². The minimum absolute atomic E-state index is 0.153. The quantitative estimate of drug-likeness (QED) is 0.787. The summed E-state index contributed by atoms with van der Waals surface area (Å²) in [7, 11) is 0. The number of ether oxygens (including phenoxy) is 1. The molecular weight excluding hydrogens is 226 g/mol. The van der Waals surface area contributed by atoms with E-state index in [1.807, 2.05) is 0 Å². The van der Waals surface area contributed by atoms with Crippen LogP contribution in [0, 0.1) is 11.8 Å². The number of nitrogens with two attached hydrogens (primary N) is 1. The van der Waals surface area contributed by atoms with Crippen molar-refractivity contribution in [1.29, 1.82) is 0 Å². The highest BCUT2D eigenvalue weighted by Gasteiger charge is 2.38. The topological polar surface area (TPSA) is 52.3 Å². The smallest absolute Gasteiger partial charge is 0.326 e. The maximum Gasteiger partial charge on any atom is 0.326 e. The zero-order chi connectivity index (χ0) is 13.0.